The Bertz CT molecular complexity index is 303. The average Bonchev–Trinajstić information content (AvgIpc) is 2.62. The molecule has 1 amide bonds. The van der Waals surface area contributed by atoms with Crippen LogP contribution in [0.4, 0.5) is 0 Å². The molecular weight excluding hydrogens is 230 g/mol. The van der Waals surface area contributed by atoms with Crippen molar-refractivity contribution in [1.82, 2.24) is 10.2 Å². The molecule has 0 aliphatic carbocycles. The van der Waals surface area contributed by atoms with Gasteiger partial charge >= 0.3 is 0 Å². The summed E-state index contributed by atoms with van der Waals surface area (Å²) in [5, 5.41) is 3.13. The monoisotopic (exact) mass is 255 g/mol. The van der Waals surface area contributed by atoms with Gasteiger partial charge < -0.3 is 15.8 Å². The first-order valence-electron chi connectivity index (χ1n) is 6.90. The average molecular weight is 255 g/mol. The summed E-state index contributed by atoms with van der Waals surface area (Å²) >= 11 is 0. The number of rotatable bonds is 3. The van der Waals surface area contributed by atoms with Crippen LogP contribution in [0.3, 0.4) is 0 Å². The molecule has 0 spiro atoms. The van der Waals surface area contributed by atoms with Gasteiger partial charge in [-0.25, -0.2) is 0 Å². The number of carbonyl (C=O) groups excluding carboxylic acids is 1. The van der Waals surface area contributed by atoms with Crippen molar-refractivity contribution in [1.29, 1.82) is 0 Å². The molecule has 0 aromatic carbocycles. The van der Waals surface area contributed by atoms with E-state index in [9.17, 15) is 4.79 Å². The molecular formula is C13H25N3O2. The maximum Gasteiger partial charge on any atom is 0.234 e. The predicted molar refractivity (Wildman–Crippen MR) is 70.2 cm³/mol. The van der Waals surface area contributed by atoms with E-state index in [-0.39, 0.29) is 17.6 Å². The number of hydrogen-bond acceptors (Lipinski definition) is 4. The van der Waals surface area contributed by atoms with Crippen molar-refractivity contribution >= 4 is 5.91 Å². The van der Waals surface area contributed by atoms with E-state index in [4.69, 9.17) is 10.5 Å². The van der Waals surface area contributed by atoms with E-state index in [1.54, 1.807) is 0 Å². The summed E-state index contributed by atoms with van der Waals surface area (Å²) in [6.45, 7) is 7.15. The van der Waals surface area contributed by atoms with Crippen LogP contribution >= 0.6 is 0 Å². The lowest BCUT2D eigenvalue weighted by molar-refractivity contribution is -0.124. The van der Waals surface area contributed by atoms with Crippen molar-refractivity contribution in [2.24, 2.45) is 5.73 Å². The van der Waals surface area contributed by atoms with Gasteiger partial charge in [0.1, 0.15) is 0 Å². The summed E-state index contributed by atoms with van der Waals surface area (Å²) in [5.41, 5.74) is 5.65. The molecule has 0 bridgehead atoms. The molecule has 2 fully saturated rings. The Morgan fingerprint density at radius 1 is 1.50 bits per heavy atom. The summed E-state index contributed by atoms with van der Waals surface area (Å²) in [7, 11) is 0. The molecule has 0 radical (unpaired) electrons. The molecule has 104 valence electrons. The largest absolute Gasteiger partial charge is 0.376 e. The first-order chi connectivity index (χ1) is 8.49. The van der Waals surface area contributed by atoms with E-state index in [1.807, 2.05) is 6.92 Å². The lowest BCUT2D eigenvalue weighted by Crippen LogP contribution is -2.54. The number of carbonyl (C=O) groups is 1. The Morgan fingerprint density at radius 3 is 2.72 bits per heavy atom. The van der Waals surface area contributed by atoms with E-state index < -0.39 is 0 Å². The van der Waals surface area contributed by atoms with Crippen LogP contribution in [-0.4, -0.2) is 54.7 Å². The van der Waals surface area contributed by atoms with Crippen molar-refractivity contribution in [3.05, 3.63) is 0 Å². The van der Waals surface area contributed by atoms with Crippen LogP contribution < -0.4 is 11.1 Å². The highest BCUT2D eigenvalue weighted by Gasteiger charge is 2.38. The fraction of sp³-hybridized carbons (Fsp3) is 0.923. The highest BCUT2D eigenvalue weighted by Crippen LogP contribution is 2.24. The van der Waals surface area contributed by atoms with E-state index in [0.717, 1.165) is 39.0 Å². The number of likely N-dealkylation sites (tertiary alicyclic amines) is 1. The Morgan fingerprint density at radius 2 is 2.17 bits per heavy atom. The fourth-order valence-corrected chi connectivity index (χ4v) is 2.67. The molecule has 2 rings (SSSR count). The standard InChI is InChI=1S/C13H25N3O2/c1-10-13(2,5-8-18-10)15-12(17)9-16-6-3-11(14)4-7-16/h10-11H,3-9,14H2,1-2H3,(H,15,17). The second-order valence-corrected chi connectivity index (χ2v) is 5.84. The van der Waals surface area contributed by atoms with Gasteiger partial charge in [-0.1, -0.05) is 0 Å². The maximum atomic E-state index is 12.1. The van der Waals surface area contributed by atoms with Crippen LogP contribution in [-0.2, 0) is 9.53 Å². The van der Waals surface area contributed by atoms with E-state index in [1.165, 1.54) is 0 Å². The molecule has 3 N–H and O–H groups in total. The summed E-state index contributed by atoms with van der Waals surface area (Å²) in [6.07, 6.45) is 2.97. The number of piperidine rings is 1. The fourth-order valence-electron chi connectivity index (χ4n) is 2.67. The van der Waals surface area contributed by atoms with Gasteiger partial charge in [-0.3, -0.25) is 9.69 Å². The van der Waals surface area contributed by atoms with Crippen LogP contribution in [0, 0.1) is 0 Å². The summed E-state index contributed by atoms with van der Waals surface area (Å²) < 4.78 is 5.53. The van der Waals surface area contributed by atoms with Gasteiger partial charge in [0.25, 0.3) is 0 Å². The van der Waals surface area contributed by atoms with Gasteiger partial charge in [0.15, 0.2) is 0 Å². The topological polar surface area (TPSA) is 67.6 Å². The van der Waals surface area contributed by atoms with Gasteiger partial charge in [-0.2, -0.15) is 0 Å². The Hall–Kier alpha value is -0.650. The van der Waals surface area contributed by atoms with E-state index in [0.29, 0.717) is 12.6 Å². The quantitative estimate of drug-likeness (QED) is 0.750. The number of ether oxygens (including phenoxy) is 1. The van der Waals surface area contributed by atoms with E-state index in [2.05, 4.69) is 17.1 Å². The number of hydrogen-bond donors (Lipinski definition) is 2. The Balaban J connectivity index is 1.78. The summed E-state index contributed by atoms with van der Waals surface area (Å²) in [5.74, 6) is 0.102. The number of nitrogens with zero attached hydrogens (tertiary/aromatic N) is 1. The number of nitrogens with one attached hydrogen (secondary N) is 1. The minimum Gasteiger partial charge on any atom is -0.376 e. The molecule has 18 heavy (non-hydrogen) atoms. The third kappa shape index (κ3) is 3.22. The zero-order valence-corrected chi connectivity index (χ0v) is 11.4. The third-order valence-electron chi connectivity index (χ3n) is 4.31. The molecule has 2 unspecified atom stereocenters. The molecule has 2 atom stereocenters. The second kappa shape index (κ2) is 5.55. The van der Waals surface area contributed by atoms with Crippen molar-refractivity contribution in [3.63, 3.8) is 0 Å². The van der Waals surface area contributed by atoms with E-state index >= 15 is 0 Å². The molecule has 5 nitrogen and oxygen atoms in total. The number of nitrogens with two attached hydrogens (primary N) is 1. The van der Waals surface area contributed by atoms with Crippen LogP contribution in [0.25, 0.3) is 0 Å². The predicted octanol–water partition coefficient (Wildman–Crippen LogP) is 0.0932. The second-order valence-electron chi connectivity index (χ2n) is 5.84. The minimum absolute atomic E-state index is 0.0937. The van der Waals surface area contributed by atoms with Crippen molar-refractivity contribution in [2.45, 2.75) is 50.8 Å². The number of amides is 1. The lowest BCUT2D eigenvalue weighted by Gasteiger charge is -2.32. The van der Waals surface area contributed by atoms with Gasteiger partial charge in [0.05, 0.1) is 18.2 Å². The highest BCUT2D eigenvalue weighted by molar-refractivity contribution is 5.79. The van der Waals surface area contributed by atoms with Gasteiger partial charge in [-0.05, 0) is 33.1 Å². The van der Waals surface area contributed by atoms with Crippen molar-refractivity contribution in [3.8, 4) is 0 Å². The Kier molecular flexibility index (Phi) is 4.25. The first kappa shape index (κ1) is 13.8. The molecule has 2 saturated heterocycles. The normalized spacial score (nSPS) is 34.7. The SMILES string of the molecule is CC1OCCC1(C)NC(=O)CN1CCC(N)CC1. The third-order valence-corrected chi connectivity index (χ3v) is 4.31. The van der Waals surface area contributed by atoms with Crippen molar-refractivity contribution in [2.75, 3.05) is 26.2 Å². The van der Waals surface area contributed by atoms with Crippen molar-refractivity contribution < 1.29 is 9.53 Å². The minimum atomic E-state index is -0.205. The van der Waals surface area contributed by atoms with Crippen LogP contribution in [0.15, 0.2) is 0 Å². The summed E-state index contributed by atoms with van der Waals surface area (Å²) in [4.78, 5) is 14.2. The molecule has 0 saturated carbocycles. The van der Waals surface area contributed by atoms with Gasteiger partial charge in [-0.15, -0.1) is 0 Å². The smallest absolute Gasteiger partial charge is 0.234 e. The van der Waals surface area contributed by atoms with Crippen LogP contribution in [0.5, 0.6) is 0 Å². The van der Waals surface area contributed by atoms with Gasteiger partial charge in [0, 0.05) is 25.7 Å². The highest BCUT2D eigenvalue weighted by atomic mass is 16.5. The molecule has 0 aromatic heterocycles. The lowest BCUT2D eigenvalue weighted by atomic mass is 9.94. The Labute approximate surface area is 109 Å². The molecule has 2 aliphatic heterocycles. The maximum absolute atomic E-state index is 12.1. The molecule has 2 aliphatic rings. The summed E-state index contributed by atoms with van der Waals surface area (Å²) in [6, 6.07) is 0.310. The molecule has 2 heterocycles. The van der Waals surface area contributed by atoms with Crippen LogP contribution in [0.2, 0.25) is 0 Å². The van der Waals surface area contributed by atoms with Gasteiger partial charge in [0.2, 0.25) is 5.91 Å². The molecule has 5 heteroatoms. The zero-order chi connectivity index (χ0) is 13.2. The zero-order valence-electron chi connectivity index (χ0n) is 11.4. The first-order valence-corrected chi connectivity index (χ1v) is 6.90. The van der Waals surface area contributed by atoms with Crippen LogP contribution in [0.1, 0.15) is 33.1 Å². The molecule has 0 aromatic rings.